The number of likely N-dealkylation sites (N-methyl/N-ethyl adjacent to an activating group) is 1. The molecule has 0 amide bonds. The van der Waals surface area contributed by atoms with Crippen LogP contribution in [0.4, 0.5) is 0 Å². The van der Waals surface area contributed by atoms with Gasteiger partial charge in [0.2, 0.25) is 0 Å². The van der Waals surface area contributed by atoms with E-state index in [0.717, 1.165) is 26.1 Å². The highest BCUT2D eigenvalue weighted by Gasteiger charge is 2.11. The standard InChI is InChI=1S/C13H25N3S/c1-4-14-12(7-9-16(5-2)6-3)11-13-15-8-10-17-13/h8,10,12,14H,4-7,9,11H2,1-3H3. The third-order valence-corrected chi connectivity index (χ3v) is 3.89. The summed E-state index contributed by atoms with van der Waals surface area (Å²) in [4.78, 5) is 6.85. The molecule has 3 nitrogen and oxygen atoms in total. The van der Waals surface area contributed by atoms with Crippen LogP contribution in [0.25, 0.3) is 0 Å². The number of nitrogens with one attached hydrogen (secondary N) is 1. The quantitative estimate of drug-likeness (QED) is 0.734. The summed E-state index contributed by atoms with van der Waals surface area (Å²) in [5, 5.41) is 6.87. The average molecular weight is 255 g/mol. The van der Waals surface area contributed by atoms with E-state index in [2.05, 4.69) is 41.4 Å². The minimum atomic E-state index is 0.562. The van der Waals surface area contributed by atoms with Crippen molar-refractivity contribution in [1.29, 1.82) is 0 Å². The van der Waals surface area contributed by atoms with Crippen LogP contribution in [0.1, 0.15) is 32.2 Å². The first kappa shape index (κ1) is 14.6. The SMILES string of the molecule is CCNC(CCN(CC)CC)Cc1nccs1. The van der Waals surface area contributed by atoms with Crippen LogP contribution in [0.3, 0.4) is 0 Å². The molecule has 1 atom stereocenters. The Balaban J connectivity index is 2.37. The molecule has 1 aromatic rings. The molecule has 1 unspecified atom stereocenters. The Labute approximate surface area is 109 Å². The van der Waals surface area contributed by atoms with Gasteiger partial charge in [0.1, 0.15) is 0 Å². The van der Waals surface area contributed by atoms with Gasteiger partial charge in [-0.2, -0.15) is 0 Å². The second-order valence-corrected chi connectivity index (χ2v) is 5.18. The first-order chi connectivity index (χ1) is 8.30. The summed E-state index contributed by atoms with van der Waals surface area (Å²) in [6.07, 6.45) is 4.16. The summed E-state index contributed by atoms with van der Waals surface area (Å²) in [6, 6.07) is 0.562. The van der Waals surface area contributed by atoms with Gasteiger partial charge in [-0.15, -0.1) is 11.3 Å². The highest BCUT2D eigenvalue weighted by molar-refractivity contribution is 7.09. The number of hydrogen-bond acceptors (Lipinski definition) is 4. The second kappa shape index (κ2) is 8.61. The molecule has 1 rings (SSSR count). The molecule has 0 spiro atoms. The number of rotatable bonds is 9. The molecular weight excluding hydrogens is 230 g/mol. The van der Waals surface area contributed by atoms with E-state index in [4.69, 9.17) is 0 Å². The lowest BCUT2D eigenvalue weighted by atomic mass is 10.1. The first-order valence-corrected chi connectivity index (χ1v) is 7.52. The summed E-state index contributed by atoms with van der Waals surface area (Å²) < 4.78 is 0. The van der Waals surface area contributed by atoms with E-state index < -0.39 is 0 Å². The molecule has 4 heteroatoms. The molecule has 0 aliphatic heterocycles. The topological polar surface area (TPSA) is 28.2 Å². The highest BCUT2D eigenvalue weighted by atomic mass is 32.1. The Kier molecular flexibility index (Phi) is 7.40. The number of nitrogens with zero attached hydrogens (tertiary/aromatic N) is 2. The van der Waals surface area contributed by atoms with E-state index in [1.807, 2.05) is 6.20 Å². The van der Waals surface area contributed by atoms with Gasteiger partial charge in [0, 0.05) is 24.0 Å². The molecule has 0 aliphatic carbocycles. The summed E-state index contributed by atoms with van der Waals surface area (Å²) in [5.41, 5.74) is 0. The van der Waals surface area contributed by atoms with Gasteiger partial charge >= 0.3 is 0 Å². The van der Waals surface area contributed by atoms with Crippen LogP contribution in [0.2, 0.25) is 0 Å². The Hall–Kier alpha value is -0.450. The fourth-order valence-electron chi connectivity index (χ4n) is 2.01. The van der Waals surface area contributed by atoms with Crippen LogP contribution in [0.5, 0.6) is 0 Å². The molecular formula is C13H25N3S. The van der Waals surface area contributed by atoms with Crippen LogP contribution in [0, 0.1) is 0 Å². The minimum absolute atomic E-state index is 0.562. The zero-order chi connectivity index (χ0) is 12.5. The molecule has 0 aromatic carbocycles. The molecule has 0 bridgehead atoms. The zero-order valence-electron chi connectivity index (χ0n) is 11.3. The Bertz CT molecular complexity index is 270. The third kappa shape index (κ3) is 5.61. The van der Waals surface area contributed by atoms with E-state index in [1.165, 1.54) is 18.0 Å². The largest absolute Gasteiger partial charge is 0.314 e. The van der Waals surface area contributed by atoms with Crippen molar-refractivity contribution in [2.45, 2.75) is 39.7 Å². The molecule has 17 heavy (non-hydrogen) atoms. The van der Waals surface area contributed by atoms with Gasteiger partial charge < -0.3 is 10.2 Å². The third-order valence-electron chi connectivity index (χ3n) is 3.09. The second-order valence-electron chi connectivity index (χ2n) is 4.20. The number of aromatic nitrogens is 1. The summed E-state index contributed by atoms with van der Waals surface area (Å²) in [6.45, 7) is 11.1. The minimum Gasteiger partial charge on any atom is -0.314 e. The van der Waals surface area contributed by atoms with E-state index in [9.17, 15) is 0 Å². The maximum atomic E-state index is 4.37. The number of hydrogen-bond donors (Lipinski definition) is 1. The Morgan fingerprint density at radius 2 is 2.12 bits per heavy atom. The monoisotopic (exact) mass is 255 g/mol. The molecule has 0 aliphatic rings. The molecule has 1 N–H and O–H groups in total. The van der Waals surface area contributed by atoms with Gasteiger partial charge in [0.05, 0.1) is 5.01 Å². The molecule has 1 heterocycles. The summed E-state index contributed by atoms with van der Waals surface area (Å²) in [7, 11) is 0. The highest BCUT2D eigenvalue weighted by Crippen LogP contribution is 2.09. The van der Waals surface area contributed by atoms with E-state index in [-0.39, 0.29) is 0 Å². The molecule has 0 saturated carbocycles. The molecule has 0 fully saturated rings. The van der Waals surface area contributed by atoms with Crippen LogP contribution in [-0.4, -0.2) is 42.1 Å². The van der Waals surface area contributed by atoms with Crippen molar-refractivity contribution in [3.63, 3.8) is 0 Å². The number of thiazole rings is 1. The van der Waals surface area contributed by atoms with Gasteiger partial charge in [-0.05, 0) is 32.6 Å². The lowest BCUT2D eigenvalue weighted by Crippen LogP contribution is -2.35. The van der Waals surface area contributed by atoms with E-state index in [1.54, 1.807) is 11.3 Å². The van der Waals surface area contributed by atoms with Crippen LogP contribution < -0.4 is 5.32 Å². The van der Waals surface area contributed by atoms with E-state index in [0.29, 0.717) is 6.04 Å². The molecule has 98 valence electrons. The molecule has 0 radical (unpaired) electrons. The van der Waals surface area contributed by atoms with Crippen molar-refractivity contribution in [3.8, 4) is 0 Å². The Morgan fingerprint density at radius 3 is 2.65 bits per heavy atom. The summed E-state index contributed by atoms with van der Waals surface area (Å²) >= 11 is 1.76. The fraction of sp³-hybridized carbons (Fsp3) is 0.769. The fourth-order valence-corrected chi connectivity index (χ4v) is 2.71. The predicted molar refractivity (Wildman–Crippen MR) is 75.7 cm³/mol. The van der Waals surface area contributed by atoms with Gasteiger partial charge in [0.15, 0.2) is 0 Å². The Morgan fingerprint density at radius 1 is 1.35 bits per heavy atom. The van der Waals surface area contributed by atoms with Crippen molar-refractivity contribution >= 4 is 11.3 Å². The lowest BCUT2D eigenvalue weighted by Gasteiger charge is -2.22. The smallest absolute Gasteiger partial charge is 0.0940 e. The van der Waals surface area contributed by atoms with Crippen molar-refractivity contribution in [2.24, 2.45) is 0 Å². The first-order valence-electron chi connectivity index (χ1n) is 6.64. The van der Waals surface area contributed by atoms with Crippen molar-refractivity contribution < 1.29 is 0 Å². The summed E-state index contributed by atoms with van der Waals surface area (Å²) in [5.74, 6) is 0. The van der Waals surface area contributed by atoms with Crippen molar-refractivity contribution in [1.82, 2.24) is 15.2 Å². The van der Waals surface area contributed by atoms with Crippen molar-refractivity contribution in [2.75, 3.05) is 26.2 Å². The normalized spacial score (nSPS) is 13.2. The van der Waals surface area contributed by atoms with Gasteiger partial charge in [0.25, 0.3) is 0 Å². The van der Waals surface area contributed by atoms with Crippen LogP contribution >= 0.6 is 11.3 Å². The van der Waals surface area contributed by atoms with Gasteiger partial charge in [-0.1, -0.05) is 20.8 Å². The molecule has 0 saturated heterocycles. The van der Waals surface area contributed by atoms with Gasteiger partial charge in [-0.25, -0.2) is 4.98 Å². The van der Waals surface area contributed by atoms with Crippen LogP contribution in [-0.2, 0) is 6.42 Å². The average Bonchev–Trinajstić information content (AvgIpc) is 2.83. The predicted octanol–water partition coefficient (Wildman–Crippen LogP) is 2.40. The van der Waals surface area contributed by atoms with Crippen LogP contribution in [0.15, 0.2) is 11.6 Å². The lowest BCUT2D eigenvalue weighted by molar-refractivity contribution is 0.281. The van der Waals surface area contributed by atoms with Gasteiger partial charge in [-0.3, -0.25) is 0 Å². The van der Waals surface area contributed by atoms with Crippen molar-refractivity contribution in [3.05, 3.63) is 16.6 Å². The van der Waals surface area contributed by atoms with E-state index >= 15 is 0 Å². The maximum Gasteiger partial charge on any atom is 0.0940 e. The maximum absolute atomic E-state index is 4.37. The molecule has 1 aromatic heterocycles. The zero-order valence-corrected chi connectivity index (χ0v) is 12.1.